The first-order chi connectivity index (χ1) is 11.0. The topological polar surface area (TPSA) is 70.2 Å². The first-order valence-electron chi connectivity index (χ1n) is 8.06. The SMILES string of the molecule is CCCCCCC(=O)NC(=S)Nc1ccc(NC(=O)CC)cc1. The lowest BCUT2D eigenvalue weighted by atomic mass is 10.1. The third-order valence-electron chi connectivity index (χ3n) is 3.26. The van der Waals surface area contributed by atoms with Crippen LogP contribution in [0.15, 0.2) is 24.3 Å². The molecule has 0 spiro atoms. The van der Waals surface area contributed by atoms with E-state index in [1.54, 1.807) is 31.2 Å². The molecule has 0 aliphatic heterocycles. The zero-order valence-electron chi connectivity index (χ0n) is 13.8. The zero-order valence-corrected chi connectivity index (χ0v) is 14.6. The van der Waals surface area contributed by atoms with Gasteiger partial charge >= 0.3 is 0 Å². The fourth-order valence-electron chi connectivity index (χ4n) is 1.95. The molecule has 3 N–H and O–H groups in total. The number of hydrogen-bond donors (Lipinski definition) is 3. The fourth-order valence-corrected chi connectivity index (χ4v) is 2.18. The fraction of sp³-hybridized carbons (Fsp3) is 0.471. The maximum Gasteiger partial charge on any atom is 0.226 e. The summed E-state index contributed by atoms with van der Waals surface area (Å²) in [5, 5.41) is 8.68. The number of carbonyl (C=O) groups excluding carboxylic acids is 2. The monoisotopic (exact) mass is 335 g/mol. The molecular formula is C17H25N3O2S. The van der Waals surface area contributed by atoms with Crippen LogP contribution in [0.25, 0.3) is 0 Å². The molecular weight excluding hydrogens is 310 g/mol. The van der Waals surface area contributed by atoms with E-state index in [9.17, 15) is 9.59 Å². The van der Waals surface area contributed by atoms with Gasteiger partial charge in [-0.05, 0) is 42.9 Å². The third kappa shape index (κ3) is 8.30. The van der Waals surface area contributed by atoms with Gasteiger partial charge in [0, 0.05) is 24.2 Å². The number of thiocarbonyl (C=S) groups is 1. The highest BCUT2D eigenvalue weighted by atomic mass is 32.1. The van der Waals surface area contributed by atoms with Crippen LogP contribution in [0.2, 0.25) is 0 Å². The first kappa shape index (κ1) is 19.1. The first-order valence-corrected chi connectivity index (χ1v) is 8.46. The molecule has 0 saturated heterocycles. The summed E-state index contributed by atoms with van der Waals surface area (Å²) in [7, 11) is 0. The molecule has 1 aromatic carbocycles. The number of carbonyl (C=O) groups is 2. The molecule has 0 bridgehead atoms. The van der Waals surface area contributed by atoms with E-state index >= 15 is 0 Å². The van der Waals surface area contributed by atoms with Crippen molar-refractivity contribution in [3.05, 3.63) is 24.3 Å². The molecule has 0 saturated carbocycles. The average Bonchev–Trinajstić information content (AvgIpc) is 2.53. The van der Waals surface area contributed by atoms with Gasteiger partial charge in [-0.2, -0.15) is 0 Å². The zero-order chi connectivity index (χ0) is 17.1. The second kappa shape index (κ2) is 10.7. The lowest BCUT2D eigenvalue weighted by Gasteiger charge is -2.10. The van der Waals surface area contributed by atoms with Gasteiger partial charge in [-0.25, -0.2) is 0 Å². The number of benzene rings is 1. The van der Waals surface area contributed by atoms with Crippen molar-refractivity contribution in [1.82, 2.24) is 5.32 Å². The second-order valence-electron chi connectivity index (χ2n) is 5.29. The van der Waals surface area contributed by atoms with Gasteiger partial charge in [0.15, 0.2) is 5.11 Å². The Kier molecular flexibility index (Phi) is 8.90. The summed E-state index contributed by atoms with van der Waals surface area (Å²) in [6.07, 6.45) is 5.18. The van der Waals surface area contributed by atoms with E-state index in [1.165, 1.54) is 0 Å². The number of hydrogen-bond acceptors (Lipinski definition) is 3. The predicted octanol–water partition coefficient (Wildman–Crippen LogP) is 3.82. The molecule has 0 radical (unpaired) electrons. The van der Waals surface area contributed by atoms with Gasteiger partial charge in [0.1, 0.15) is 0 Å². The normalized spacial score (nSPS) is 10.0. The van der Waals surface area contributed by atoms with E-state index < -0.39 is 0 Å². The smallest absolute Gasteiger partial charge is 0.226 e. The van der Waals surface area contributed by atoms with Crippen LogP contribution in [0, 0.1) is 0 Å². The maximum atomic E-state index is 11.7. The summed E-state index contributed by atoms with van der Waals surface area (Å²) >= 11 is 5.12. The Bertz CT molecular complexity index is 529. The molecule has 0 heterocycles. The molecule has 0 unspecified atom stereocenters. The van der Waals surface area contributed by atoms with Crippen LogP contribution in [0.1, 0.15) is 52.4 Å². The van der Waals surface area contributed by atoms with Gasteiger partial charge in [-0.1, -0.05) is 33.1 Å². The van der Waals surface area contributed by atoms with Gasteiger partial charge in [0.2, 0.25) is 11.8 Å². The summed E-state index contributed by atoms with van der Waals surface area (Å²) in [6.45, 7) is 3.94. The van der Waals surface area contributed by atoms with Crippen LogP contribution in [0.5, 0.6) is 0 Å². The molecule has 0 atom stereocenters. The number of rotatable bonds is 8. The molecule has 0 aromatic heterocycles. The second-order valence-corrected chi connectivity index (χ2v) is 5.70. The van der Waals surface area contributed by atoms with Crippen LogP contribution in [0.4, 0.5) is 11.4 Å². The van der Waals surface area contributed by atoms with E-state index in [0.717, 1.165) is 37.1 Å². The van der Waals surface area contributed by atoms with Crippen LogP contribution >= 0.6 is 12.2 Å². The van der Waals surface area contributed by atoms with Gasteiger partial charge in [0.25, 0.3) is 0 Å². The van der Waals surface area contributed by atoms with Gasteiger partial charge < -0.3 is 16.0 Å². The Morgan fingerprint density at radius 3 is 2.09 bits per heavy atom. The molecule has 0 aliphatic rings. The highest BCUT2D eigenvalue weighted by Crippen LogP contribution is 2.13. The Hall–Kier alpha value is -1.95. The minimum Gasteiger partial charge on any atom is -0.332 e. The Balaban J connectivity index is 2.36. The van der Waals surface area contributed by atoms with Crippen LogP contribution in [0.3, 0.4) is 0 Å². The van der Waals surface area contributed by atoms with Crippen molar-refractivity contribution in [2.24, 2.45) is 0 Å². The van der Waals surface area contributed by atoms with Crippen molar-refractivity contribution < 1.29 is 9.59 Å². The third-order valence-corrected chi connectivity index (χ3v) is 3.46. The molecule has 5 nitrogen and oxygen atoms in total. The van der Waals surface area contributed by atoms with Gasteiger partial charge in [-0.3, -0.25) is 9.59 Å². The predicted molar refractivity (Wildman–Crippen MR) is 98.5 cm³/mol. The number of unbranched alkanes of at least 4 members (excludes halogenated alkanes) is 3. The number of anilines is 2. The largest absolute Gasteiger partial charge is 0.332 e. The molecule has 6 heteroatoms. The Labute approximate surface area is 143 Å². The van der Waals surface area contributed by atoms with Gasteiger partial charge in [-0.15, -0.1) is 0 Å². The molecule has 0 aliphatic carbocycles. The lowest BCUT2D eigenvalue weighted by molar-refractivity contribution is -0.119. The summed E-state index contributed by atoms with van der Waals surface area (Å²) in [6, 6.07) is 7.16. The number of nitrogens with one attached hydrogen (secondary N) is 3. The van der Waals surface area contributed by atoms with Crippen molar-refractivity contribution in [2.75, 3.05) is 10.6 Å². The summed E-state index contributed by atoms with van der Waals surface area (Å²) in [5.74, 6) is -0.0954. The van der Waals surface area contributed by atoms with E-state index in [4.69, 9.17) is 12.2 Å². The van der Waals surface area contributed by atoms with Crippen molar-refractivity contribution >= 4 is 40.5 Å². The van der Waals surface area contributed by atoms with Crippen molar-refractivity contribution in [3.63, 3.8) is 0 Å². The highest BCUT2D eigenvalue weighted by molar-refractivity contribution is 7.80. The molecule has 1 aromatic rings. The van der Waals surface area contributed by atoms with E-state index in [2.05, 4.69) is 22.9 Å². The lowest BCUT2D eigenvalue weighted by Crippen LogP contribution is -2.33. The highest BCUT2D eigenvalue weighted by Gasteiger charge is 2.05. The quantitative estimate of drug-likeness (QED) is 0.499. The molecule has 2 amide bonds. The Morgan fingerprint density at radius 2 is 1.52 bits per heavy atom. The summed E-state index contributed by atoms with van der Waals surface area (Å²) in [5.41, 5.74) is 1.49. The van der Waals surface area contributed by atoms with Crippen molar-refractivity contribution in [1.29, 1.82) is 0 Å². The minimum atomic E-state index is -0.0644. The van der Waals surface area contributed by atoms with E-state index in [1.807, 2.05) is 0 Å². The molecule has 1 rings (SSSR count). The average molecular weight is 335 g/mol. The standard InChI is InChI=1S/C17H25N3O2S/c1-3-5-6-7-8-16(22)20-17(23)19-14-11-9-13(10-12-14)18-15(21)4-2/h9-12H,3-8H2,1-2H3,(H,18,21)(H2,19,20,22,23). The Morgan fingerprint density at radius 1 is 0.913 bits per heavy atom. The molecule has 126 valence electrons. The van der Waals surface area contributed by atoms with Crippen LogP contribution < -0.4 is 16.0 Å². The van der Waals surface area contributed by atoms with Gasteiger partial charge in [0.05, 0.1) is 0 Å². The van der Waals surface area contributed by atoms with Crippen LogP contribution in [-0.4, -0.2) is 16.9 Å². The molecule has 0 fully saturated rings. The van der Waals surface area contributed by atoms with E-state index in [-0.39, 0.29) is 16.9 Å². The molecule has 23 heavy (non-hydrogen) atoms. The van der Waals surface area contributed by atoms with E-state index in [0.29, 0.717) is 12.8 Å². The number of amides is 2. The minimum absolute atomic E-state index is 0.0310. The summed E-state index contributed by atoms with van der Waals surface area (Å²) in [4.78, 5) is 23.0. The van der Waals surface area contributed by atoms with Crippen molar-refractivity contribution in [2.45, 2.75) is 52.4 Å². The van der Waals surface area contributed by atoms with Crippen molar-refractivity contribution in [3.8, 4) is 0 Å². The van der Waals surface area contributed by atoms with Crippen LogP contribution in [-0.2, 0) is 9.59 Å². The summed E-state index contributed by atoms with van der Waals surface area (Å²) < 4.78 is 0. The maximum absolute atomic E-state index is 11.7.